The molecule has 0 bridgehead atoms. The van der Waals surface area contributed by atoms with Crippen LogP contribution in [0.2, 0.25) is 0 Å². The van der Waals surface area contributed by atoms with E-state index in [4.69, 9.17) is 0 Å². The number of hydrogen-bond acceptors (Lipinski definition) is 1. The normalized spacial score (nSPS) is 15.9. The van der Waals surface area contributed by atoms with Crippen LogP contribution in [0.1, 0.15) is 0 Å². The fourth-order valence-corrected chi connectivity index (χ4v) is 1.85. The van der Waals surface area contributed by atoms with Crippen LogP contribution in [-0.4, -0.2) is 28.5 Å². The third kappa shape index (κ3) is 1.68. The maximum atomic E-state index is 11.9. The second kappa shape index (κ2) is 3.29. The van der Waals surface area contributed by atoms with Crippen LogP contribution >= 0.6 is 0 Å². The summed E-state index contributed by atoms with van der Waals surface area (Å²) in [6.45, 7) is 0. The molecular formula is C9H13NOS. The van der Waals surface area contributed by atoms with Crippen LogP contribution in [0.5, 0.6) is 0 Å². The van der Waals surface area contributed by atoms with E-state index in [-0.39, 0.29) is 0 Å². The Hall–Kier alpha value is -0.800. The van der Waals surface area contributed by atoms with Crippen molar-refractivity contribution in [3.05, 3.63) is 30.3 Å². The lowest BCUT2D eigenvalue weighted by molar-refractivity contribution is 0.599. The molecule has 2 nitrogen and oxygen atoms in total. The van der Waals surface area contributed by atoms with E-state index in [0.29, 0.717) is 0 Å². The van der Waals surface area contributed by atoms with Crippen molar-refractivity contribution in [2.45, 2.75) is 4.90 Å². The molecule has 1 unspecified atom stereocenters. The van der Waals surface area contributed by atoms with Gasteiger partial charge < -0.3 is 0 Å². The molecule has 0 aliphatic rings. The lowest BCUT2D eigenvalue weighted by atomic mass is 10.4. The molecule has 0 saturated heterocycles. The van der Waals surface area contributed by atoms with Gasteiger partial charge in [-0.3, -0.25) is 0 Å². The van der Waals surface area contributed by atoms with Crippen molar-refractivity contribution in [3.8, 4) is 0 Å². The molecule has 0 spiro atoms. The SMILES string of the molecule is C=S(=O)(c1ccccc1)N(C)C. The molecule has 0 aliphatic heterocycles. The maximum Gasteiger partial charge on any atom is 0.0553 e. The highest BCUT2D eigenvalue weighted by Crippen LogP contribution is 2.10. The van der Waals surface area contributed by atoms with Crippen molar-refractivity contribution in [2.75, 3.05) is 14.1 Å². The molecule has 0 fully saturated rings. The molecule has 0 aliphatic carbocycles. The summed E-state index contributed by atoms with van der Waals surface area (Å²) >= 11 is 0. The lowest BCUT2D eigenvalue weighted by Crippen LogP contribution is -2.21. The Morgan fingerprint density at radius 3 is 2.17 bits per heavy atom. The molecular weight excluding hydrogens is 170 g/mol. The molecule has 0 radical (unpaired) electrons. The van der Waals surface area contributed by atoms with Gasteiger partial charge in [0.15, 0.2) is 0 Å². The minimum Gasteiger partial charge on any atom is -0.248 e. The van der Waals surface area contributed by atoms with Gasteiger partial charge in [-0.25, -0.2) is 8.51 Å². The molecule has 0 heterocycles. The van der Waals surface area contributed by atoms with Crippen molar-refractivity contribution in [1.82, 2.24) is 4.31 Å². The van der Waals surface area contributed by atoms with Gasteiger partial charge >= 0.3 is 0 Å². The Morgan fingerprint density at radius 2 is 1.75 bits per heavy atom. The van der Waals surface area contributed by atoms with Gasteiger partial charge in [-0.05, 0) is 32.1 Å². The molecule has 0 N–H and O–H groups in total. The van der Waals surface area contributed by atoms with Crippen molar-refractivity contribution in [3.63, 3.8) is 0 Å². The number of hydrogen-bond donors (Lipinski definition) is 0. The van der Waals surface area contributed by atoms with Gasteiger partial charge in [0.05, 0.1) is 9.71 Å². The van der Waals surface area contributed by atoms with E-state index in [9.17, 15) is 4.21 Å². The highest BCUT2D eigenvalue weighted by atomic mass is 32.2. The van der Waals surface area contributed by atoms with Gasteiger partial charge in [0.1, 0.15) is 0 Å². The standard InChI is InChI=1S/C9H13NOS/c1-10(2)12(3,11)9-7-5-4-6-8-9/h4-8H,3H2,1-2H3. The summed E-state index contributed by atoms with van der Waals surface area (Å²) < 4.78 is 13.5. The molecule has 1 aromatic carbocycles. The van der Waals surface area contributed by atoms with Crippen molar-refractivity contribution in [2.24, 2.45) is 0 Å². The Balaban J connectivity index is 3.17. The van der Waals surface area contributed by atoms with Gasteiger partial charge in [-0.1, -0.05) is 18.2 Å². The second-order valence-electron chi connectivity index (χ2n) is 2.77. The molecule has 0 saturated carbocycles. The van der Waals surface area contributed by atoms with Crippen LogP contribution in [0.4, 0.5) is 0 Å². The van der Waals surface area contributed by atoms with Crippen molar-refractivity contribution in [1.29, 1.82) is 0 Å². The first kappa shape index (κ1) is 9.29. The average molecular weight is 183 g/mol. The molecule has 1 aromatic rings. The zero-order valence-corrected chi connectivity index (χ0v) is 8.17. The third-order valence-electron chi connectivity index (χ3n) is 1.70. The van der Waals surface area contributed by atoms with Crippen LogP contribution in [0.3, 0.4) is 0 Å². The second-order valence-corrected chi connectivity index (χ2v) is 5.25. The summed E-state index contributed by atoms with van der Waals surface area (Å²) in [7, 11) is 1.29. The predicted molar refractivity (Wildman–Crippen MR) is 53.7 cm³/mol. The fourth-order valence-electron chi connectivity index (χ4n) is 0.844. The molecule has 1 rings (SSSR count). The maximum absolute atomic E-state index is 11.9. The van der Waals surface area contributed by atoms with E-state index in [1.54, 1.807) is 18.4 Å². The summed E-state index contributed by atoms with van der Waals surface area (Å²) in [6, 6.07) is 9.28. The Kier molecular flexibility index (Phi) is 2.55. The largest absolute Gasteiger partial charge is 0.248 e. The Labute approximate surface area is 74.0 Å². The summed E-state index contributed by atoms with van der Waals surface area (Å²) in [6.07, 6.45) is 0. The van der Waals surface area contributed by atoms with Crippen LogP contribution in [0.25, 0.3) is 0 Å². The Bertz CT molecular complexity index is 340. The first-order chi connectivity index (χ1) is 5.55. The van der Waals surface area contributed by atoms with E-state index in [1.165, 1.54) is 0 Å². The van der Waals surface area contributed by atoms with E-state index in [2.05, 4.69) is 5.87 Å². The summed E-state index contributed by atoms with van der Waals surface area (Å²) in [5.41, 5.74) is 0. The monoisotopic (exact) mass is 183 g/mol. The molecule has 0 aromatic heterocycles. The van der Waals surface area contributed by atoms with Crippen LogP contribution in [0, 0.1) is 0 Å². The minimum absolute atomic E-state index is 0.773. The lowest BCUT2D eigenvalue weighted by Gasteiger charge is -2.16. The Morgan fingerprint density at radius 1 is 1.25 bits per heavy atom. The molecule has 0 amide bonds. The smallest absolute Gasteiger partial charge is 0.0553 e. The van der Waals surface area contributed by atoms with Crippen LogP contribution in [0.15, 0.2) is 35.2 Å². The van der Waals surface area contributed by atoms with Crippen LogP contribution < -0.4 is 0 Å². The predicted octanol–water partition coefficient (Wildman–Crippen LogP) is 1.24. The number of nitrogens with zero attached hydrogens (tertiary/aromatic N) is 1. The highest BCUT2D eigenvalue weighted by Gasteiger charge is 2.08. The van der Waals surface area contributed by atoms with E-state index in [1.807, 2.05) is 30.3 Å². The van der Waals surface area contributed by atoms with Gasteiger partial charge in [-0.15, -0.1) is 0 Å². The molecule has 1 atom stereocenters. The van der Waals surface area contributed by atoms with Crippen molar-refractivity contribution >= 4 is 15.6 Å². The highest BCUT2D eigenvalue weighted by molar-refractivity contribution is 7.98. The minimum atomic E-state index is -2.24. The summed E-state index contributed by atoms with van der Waals surface area (Å²) in [5, 5.41) is 0. The molecule has 3 heteroatoms. The quantitative estimate of drug-likeness (QED) is 0.632. The summed E-state index contributed by atoms with van der Waals surface area (Å²) in [5.74, 6) is 3.69. The summed E-state index contributed by atoms with van der Waals surface area (Å²) in [4.78, 5) is 0.773. The van der Waals surface area contributed by atoms with Gasteiger partial charge in [0.2, 0.25) is 0 Å². The van der Waals surface area contributed by atoms with Gasteiger partial charge in [-0.2, -0.15) is 0 Å². The first-order valence-corrected chi connectivity index (χ1v) is 5.33. The zero-order chi connectivity index (χ0) is 9.19. The van der Waals surface area contributed by atoms with E-state index >= 15 is 0 Å². The number of benzene rings is 1. The molecule has 66 valence electrons. The third-order valence-corrected chi connectivity index (χ3v) is 3.89. The van der Waals surface area contributed by atoms with Gasteiger partial charge in [0, 0.05) is 4.90 Å². The zero-order valence-electron chi connectivity index (χ0n) is 7.36. The van der Waals surface area contributed by atoms with Crippen LogP contribution in [-0.2, 0) is 9.71 Å². The fraction of sp³-hybridized carbons (Fsp3) is 0.222. The topological polar surface area (TPSA) is 20.3 Å². The average Bonchev–Trinajstić information content (AvgIpc) is 2.06. The van der Waals surface area contributed by atoms with Crippen molar-refractivity contribution < 1.29 is 4.21 Å². The first-order valence-electron chi connectivity index (χ1n) is 3.65. The molecule has 12 heavy (non-hydrogen) atoms. The van der Waals surface area contributed by atoms with Gasteiger partial charge in [0.25, 0.3) is 0 Å². The number of rotatable bonds is 2. The van der Waals surface area contributed by atoms with E-state index in [0.717, 1.165) is 4.90 Å². The van der Waals surface area contributed by atoms with E-state index < -0.39 is 9.71 Å².